The van der Waals surface area contributed by atoms with Crippen molar-refractivity contribution in [3.05, 3.63) is 52.5 Å². The predicted octanol–water partition coefficient (Wildman–Crippen LogP) is 3.90. The van der Waals surface area contributed by atoms with Crippen LogP contribution in [0.1, 0.15) is 15.9 Å². The monoisotopic (exact) mass is 300 g/mol. The molecule has 1 aromatic heterocycles. The van der Waals surface area contributed by atoms with Crippen LogP contribution in [0.4, 0.5) is 0 Å². The minimum absolute atomic E-state index is 0.236. The number of carboxylic acids is 1. The molecular formula is C16H13ClN2O2. The van der Waals surface area contributed by atoms with E-state index in [-0.39, 0.29) is 5.56 Å². The lowest BCUT2D eigenvalue weighted by molar-refractivity contribution is 0.0697. The van der Waals surface area contributed by atoms with Crippen LogP contribution in [0.2, 0.25) is 5.02 Å². The van der Waals surface area contributed by atoms with Gasteiger partial charge in [0, 0.05) is 17.6 Å². The first kappa shape index (κ1) is 13.6. The summed E-state index contributed by atoms with van der Waals surface area (Å²) in [6, 6.07) is 10.7. The molecule has 0 amide bonds. The molecule has 0 spiro atoms. The number of carbonyl (C=O) groups is 1. The normalized spacial score (nSPS) is 11.0. The molecule has 21 heavy (non-hydrogen) atoms. The predicted molar refractivity (Wildman–Crippen MR) is 82.9 cm³/mol. The zero-order valence-corrected chi connectivity index (χ0v) is 12.3. The van der Waals surface area contributed by atoms with Gasteiger partial charge in [0.2, 0.25) is 0 Å². The Balaban J connectivity index is 2.21. The van der Waals surface area contributed by atoms with Gasteiger partial charge in [-0.05, 0) is 48.9 Å². The van der Waals surface area contributed by atoms with E-state index in [4.69, 9.17) is 16.7 Å². The molecule has 0 aliphatic rings. The van der Waals surface area contributed by atoms with E-state index in [1.54, 1.807) is 18.2 Å². The highest BCUT2D eigenvalue weighted by molar-refractivity contribution is 6.31. The van der Waals surface area contributed by atoms with Crippen molar-refractivity contribution in [1.82, 2.24) is 9.55 Å². The topological polar surface area (TPSA) is 55.1 Å². The van der Waals surface area contributed by atoms with Gasteiger partial charge < -0.3 is 9.67 Å². The second-order valence-corrected chi connectivity index (χ2v) is 5.37. The summed E-state index contributed by atoms with van der Waals surface area (Å²) in [7, 11) is 1.91. The van der Waals surface area contributed by atoms with Crippen LogP contribution in [0.3, 0.4) is 0 Å². The molecule has 0 saturated heterocycles. The Bertz CT molecular complexity index is 868. The zero-order chi connectivity index (χ0) is 15.1. The van der Waals surface area contributed by atoms with Crippen LogP contribution in [-0.2, 0) is 7.05 Å². The summed E-state index contributed by atoms with van der Waals surface area (Å²) < 4.78 is 1.95. The maximum absolute atomic E-state index is 11.0. The van der Waals surface area contributed by atoms with E-state index in [9.17, 15) is 4.79 Å². The Morgan fingerprint density at radius 2 is 2.00 bits per heavy atom. The van der Waals surface area contributed by atoms with E-state index in [0.29, 0.717) is 10.5 Å². The van der Waals surface area contributed by atoms with Gasteiger partial charge >= 0.3 is 5.97 Å². The lowest BCUT2D eigenvalue weighted by Crippen LogP contribution is -1.96. The third-order valence-corrected chi connectivity index (χ3v) is 3.97. The molecule has 106 valence electrons. The number of fused-ring (bicyclic) bond motifs is 1. The van der Waals surface area contributed by atoms with Crippen LogP contribution in [0.5, 0.6) is 0 Å². The van der Waals surface area contributed by atoms with E-state index in [2.05, 4.69) is 4.98 Å². The number of benzene rings is 2. The minimum Gasteiger partial charge on any atom is -0.478 e. The highest BCUT2D eigenvalue weighted by Crippen LogP contribution is 2.27. The number of rotatable bonds is 2. The maximum Gasteiger partial charge on any atom is 0.335 e. The van der Waals surface area contributed by atoms with Crippen molar-refractivity contribution in [3.8, 4) is 11.4 Å². The first-order chi connectivity index (χ1) is 9.97. The number of aromatic nitrogens is 2. The molecule has 1 N–H and O–H groups in total. The Kier molecular flexibility index (Phi) is 3.18. The second-order valence-electron chi connectivity index (χ2n) is 4.97. The summed E-state index contributed by atoms with van der Waals surface area (Å²) in [5.74, 6) is -0.168. The SMILES string of the molecule is Cc1cc(-c2nc3cc(C(=O)O)ccc3n2C)ccc1Cl. The summed E-state index contributed by atoms with van der Waals surface area (Å²) >= 11 is 6.05. The van der Waals surface area contributed by atoms with Crippen LogP contribution < -0.4 is 0 Å². The molecule has 5 heteroatoms. The number of aromatic carboxylic acids is 1. The van der Waals surface area contributed by atoms with Crippen molar-refractivity contribution in [3.63, 3.8) is 0 Å². The van der Waals surface area contributed by atoms with Crippen molar-refractivity contribution < 1.29 is 9.90 Å². The van der Waals surface area contributed by atoms with Crippen molar-refractivity contribution in [2.24, 2.45) is 7.05 Å². The molecule has 3 rings (SSSR count). The van der Waals surface area contributed by atoms with Crippen LogP contribution in [0, 0.1) is 6.92 Å². The first-order valence-corrected chi connectivity index (χ1v) is 6.81. The number of nitrogens with zero attached hydrogens (tertiary/aromatic N) is 2. The van der Waals surface area contributed by atoms with E-state index >= 15 is 0 Å². The molecule has 0 radical (unpaired) electrons. The highest BCUT2D eigenvalue weighted by atomic mass is 35.5. The van der Waals surface area contributed by atoms with Crippen molar-refractivity contribution in [2.75, 3.05) is 0 Å². The quantitative estimate of drug-likeness (QED) is 0.781. The fourth-order valence-corrected chi connectivity index (χ4v) is 2.49. The lowest BCUT2D eigenvalue weighted by atomic mass is 10.1. The van der Waals surface area contributed by atoms with Crippen molar-refractivity contribution >= 4 is 28.6 Å². The van der Waals surface area contributed by atoms with E-state index < -0.39 is 5.97 Å². The van der Waals surface area contributed by atoms with Gasteiger partial charge in [-0.2, -0.15) is 0 Å². The van der Waals surface area contributed by atoms with Gasteiger partial charge in [0.1, 0.15) is 5.82 Å². The van der Waals surface area contributed by atoms with Gasteiger partial charge in [0.05, 0.1) is 16.6 Å². The number of imidazole rings is 1. The minimum atomic E-state index is -0.952. The lowest BCUT2D eigenvalue weighted by Gasteiger charge is -2.04. The standard InChI is InChI=1S/C16H13ClN2O2/c1-9-7-10(3-5-12(9)17)15-18-13-8-11(16(20)21)4-6-14(13)19(15)2/h3-8H,1-2H3,(H,20,21). The molecular weight excluding hydrogens is 288 g/mol. The summed E-state index contributed by atoms with van der Waals surface area (Å²) in [6.45, 7) is 1.94. The fourth-order valence-electron chi connectivity index (χ4n) is 2.37. The Hall–Kier alpha value is -2.33. The molecule has 0 atom stereocenters. The van der Waals surface area contributed by atoms with Crippen LogP contribution >= 0.6 is 11.6 Å². The summed E-state index contributed by atoms with van der Waals surface area (Å²) in [4.78, 5) is 15.6. The largest absolute Gasteiger partial charge is 0.478 e. The third kappa shape index (κ3) is 2.28. The zero-order valence-electron chi connectivity index (χ0n) is 11.6. The summed E-state index contributed by atoms with van der Waals surface area (Å²) in [6.07, 6.45) is 0. The van der Waals surface area contributed by atoms with Gasteiger partial charge in [-0.15, -0.1) is 0 Å². The molecule has 0 aliphatic heterocycles. The van der Waals surface area contributed by atoms with E-state index in [1.165, 1.54) is 0 Å². The number of hydrogen-bond acceptors (Lipinski definition) is 2. The first-order valence-electron chi connectivity index (χ1n) is 6.43. The third-order valence-electron chi connectivity index (χ3n) is 3.54. The van der Waals surface area contributed by atoms with Crippen molar-refractivity contribution in [2.45, 2.75) is 6.92 Å². The van der Waals surface area contributed by atoms with Crippen LogP contribution in [0.15, 0.2) is 36.4 Å². The Morgan fingerprint density at radius 1 is 1.24 bits per heavy atom. The molecule has 0 unspecified atom stereocenters. The summed E-state index contributed by atoms with van der Waals surface area (Å²) in [5, 5.41) is 9.77. The van der Waals surface area contributed by atoms with Crippen LogP contribution in [-0.4, -0.2) is 20.6 Å². The average Bonchev–Trinajstić information content (AvgIpc) is 2.78. The highest BCUT2D eigenvalue weighted by Gasteiger charge is 2.12. The Morgan fingerprint density at radius 3 is 2.67 bits per heavy atom. The van der Waals surface area contributed by atoms with Gasteiger partial charge in [-0.1, -0.05) is 11.6 Å². The smallest absolute Gasteiger partial charge is 0.335 e. The molecule has 2 aromatic carbocycles. The van der Waals surface area contributed by atoms with Crippen LogP contribution in [0.25, 0.3) is 22.4 Å². The number of aryl methyl sites for hydroxylation is 2. The van der Waals surface area contributed by atoms with Gasteiger partial charge in [-0.25, -0.2) is 9.78 Å². The molecule has 0 fully saturated rings. The molecule has 1 heterocycles. The average molecular weight is 301 g/mol. The number of halogens is 1. The molecule has 0 saturated carbocycles. The van der Waals surface area contributed by atoms with Gasteiger partial charge in [0.25, 0.3) is 0 Å². The van der Waals surface area contributed by atoms with Gasteiger partial charge in [-0.3, -0.25) is 0 Å². The number of hydrogen-bond donors (Lipinski definition) is 1. The molecule has 4 nitrogen and oxygen atoms in total. The molecule has 0 aliphatic carbocycles. The van der Waals surface area contributed by atoms with E-state index in [1.807, 2.05) is 36.7 Å². The molecule has 3 aromatic rings. The second kappa shape index (κ2) is 4.90. The molecule has 0 bridgehead atoms. The van der Waals surface area contributed by atoms with E-state index in [0.717, 1.165) is 22.5 Å². The summed E-state index contributed by atoms with van der Waals surface area (Å²) in [5.41, 5.74) is 3.72. The van der Waals surface area contributed by atoms with Gasteiger partial charge in [0.15, 0.2) is 0 Å². The van der Waals surface area contributed by atoms with Crippen molar-refractivity contribution in [1.29, 1.82) is 0 Å². The maximum atomic E-state index is 11.0. The Labute approximate surface area is 126 Å². The fraction of sp³-hybridized carbons (Fsp3) is 0.125. The number of carboxylic acid groups (broad SMARTS) is 1.